The highest BCUT2D eigenvalue weighted by Crippen LogP contribution is 2.06. The van der Waals surface area contributed by atoms with Gasteiger partial charge in [-0.15, -0.1) is 0 Å². The van der Waals surface area contributed by atoms with Gasteiger partial charge in [-0.2, -0.15) is 0 Å². The van der Waals surface area contributed by atoms with Crippen LogP contribution in [0.15, 0.2) is 0 Å². The van der Waals surface area contributed by atoms with Crippen LogP contribution in [-0.2, 0) is 24.0 Å². The number of carbonyl (C=O) groups is 5. The van der Waals surface area contributed by atoms with Gasteiger partial charge in [-0.25, -0.2) is 4.79 Å². The van der Waals surface area contributed by atoms with Gasteiger partial charge in [0.15, 0.2) is 0 Å². The van der Waals surface area contributed by atoms with Gasteiger partial charge in [0.1, 0.15) is 18.1 Å². The van der Waals surface area contributed by atoms with Crippen molar-refractivity contribution < 1.29 is 34.2 Å². The third-order valence-corrected chi connectivity index (χ3v) is 4.29. The van der Waals surface area contributed by atoms with E-state index in [0.29, 0.717) is 19.4 Å². The SMILES string of the molecule is CC(NC(=O)C(N)CC(=O)O)C(=O)NC(CCCCN)C(=O)NC(C(=O)O)C(C)C. The first-order valence-electron chi connectivity index (χ1n) is 9.72. The molecule has 0 aromatic rings. The molecule has 12 heteroatoms. The molecule has 0 saturated heterocycles. The first-order chi connectivity index (χ1) is 13.9. The van der Waals surface area contributed by atoms with E-state index in [9.17, 15) is 29.1 Å². The third kappa shape index (κ3) is 10.2. The van der Waals surface area contributed by atoms with E-state index in [2.05, 4.69) is 16.0 Å². The topological polar surface area (TPSA) is 214 Å². The Bertz CT molecular complexity index is 626. The maximum Gasteiger partial charge on any atom is 0.326 e. The Morgan fingerprint density at radius 3 is 1.93 bits per heavy atom. The van der Waals surface area contributed by atoms with Gasteiger partial charge in [0.2, 0.25) is 17.7 Å². The van der Waals surface area contributed by atoms with Crippen molar-refractivity contribution in [3.8, 4) is 0 Å². The van der Waals surface area contributed by atoms with Crippen molar-refractivity contribution in [3.05, 3.63) is 0 Å². The lowest BCUT2D eigenvalue weighted by molar-refractivity contribution is -0.143. The zero-order chi connectivity index (χ0) is 23.4. The number of carboxylic acids is 2. The molecule has 0 aromatic heterocycles. The van der Waals surface area contributed by atoms with Crippen LogP contribution in [0.1, 0.15) is 46.5 Å². The molecule has 0 radical (unpaired) electrons. The summed E-state index contributed by atoms with van der Waals surface area (Å²) in [6, 6.07) is -4.58. The molecule has 0 rings (SSSR count). The van der Waals surface area contributed by atoms with Crippen molar-refractivity contribution in [3.63, 3.8) is 0 Å². The summed E-state index contributed by atoms with van der Waals surface area (Å²) in [5.41, 5.74) is 10.9. The van der Waals surface area contributed by atoms with E-state index in [-0.39, 0.29) is 12.3 Å². The molecule has 0 aliphatic rings. The fraction of sp³-hybridized carbons (Fsp3) is 0.722. The second kappa shape index (κ2) is 13.5. The second-order valence-electron chi connectivity index (χ2n) is 7.35. The molecule has 12 nitrogen and oxygen atoms in total. The molecule has 0 aliphatic carbocycles. The smallest absolute Gasteiger partial charge is 0.326 e. The lowest BCUT2D eigenvalue weighted by Crippen LogP contribution is -2.57. The molecule has 4 unspecified atom stereocenters. The molecule has 0 bridgehead atoms. The first-order valence-corrected chi connectivity index (χ1v) is 9.72. The molecule has 0 heterocycles. The zero-order valence-electron chi connectivity index (χ0n) is 17.5. The minimum atomic E-state index is -1.33. The lowest BCUT2D eigenvalue weighted by Gasteiger charge is -2.25. The molecule has 3 amide bonds. The number of nitrogens with one attached hydrogen (secondary N) is 3. The van der Waals surface area contributed by atoms with Crippen LogP contribution in [0.25, 0.3) is 0 Å². The molecule has 9 N–H and O–H groups in total. The monoisotopic (exact) mass is 431 g/mol. The van der Waals surface area contributed by atoms with E-state index in [1.165, 1.54) is 6.92 Å². The van der Waals surface area contributed by atoms with Crippen molar-refractivity contribution in [2.24, 2.45) is 17.4 Å². The van der Waals surface area contributed by atoms with Crippen LogP contribution in [0.4, 0.5) is 0 Å². The maximum absolute atomic E-state index is 12.6. The summed E-state index contributed by atoms with van der Waals surface area (Å²) >= 11 is 0. The summed E-state index contributed by atoms with van der Waals surface area (Å²) in [7, 11) is 0. The van der Waals surface area contributed by atoms with Crippen molar-refractivity contribution in [2.75, 3.05) is 6.54 Å². The Labute approximate surface area is 175 Å². The Morgan fingerprint density at radius 2 is 1.47 bits per heavy atom. The lowest BCUT2D eigenvalue weighted by atomic mass is 10.0. The molecule has 172 valence electrons. The van der Waals surface area contributed by atoms with Crippen LogP contribution in [0.2, 0.25) is 0 Å². The number of aliphatic carboxylic acids is 2. The van der Waals surface area contributed by atoms with E-state index >= 15 is 0 Å². The quantitative estimate of drug-likeness (QED) is 0.153. The molecule has 0 aromatic carbocycles. The summed E-state index contributed by atoms with van der Waals surface area (Å²) in [5.74, 6) is -5.02. The predicted octanol–water partition coefficient (Wildman–Crippen LogP) is -1.87. The molecule has 0 spiro atoms. The number of hydrogen-bond donors (Lipinski definition) is 7. The zero-order valence-corrected chi connectivity index (χ0v) is 17.5. The third-order valence-electron chi connectivity index (χ3n) is 4.29. The van der Waals surface area contributed by atoms with Crippen LogP contribution >= 0.6 is 0 Å². The summed E-state index contributed by atoms with van der Waals surface area (Å²) in [5, 5.41) is 25.1. The van der Waals surface area contributed by atoms with Crippen LogP contribution in [0.3, 0.4) is 0 Å². The molecular formula is C18H33N5O7. The molecular weight excluding hydrogens is 398 g/mol. The second-order valence-corrected chi connectivity index (χ2v) is 7.35. The number of hydrogen-bond acceptors (Lipinski definition) is 7. The first kappa shape index (κ1) is 27.3. The van der Waals surface area contributed by atoms with Gasteiger partial charge in [0.25, 0.3) is 0 Å². The summed E-state index contributed by atoms with van der Waals surface area (Å²) in [4.78, 5) is 58.8. The van der Waals surface area contributed by atoms with Gasteiger partial charge in [0, 0.05) is 0 Å². The van der Waals surface area contributed by atoms with Crippen LogP contribution in [0.5, 0.6) is 0 Å². The van der Waals surface area contributed by atoms with Gasteiger partial charge >= 0.3 is 11.9 Å². The highest BCUT2D eigenvalue weighted by atomic mass is 16.4. The largest absolute Gasteiger partial charge is 0.481 e. The fourth-order valence-electron chi connectivity index (χ4n) is 2.49. The minimum Gasteiger partial charge on any atom is -0.481 e. The van der Waals surface area contributed by atoms with Gasteiger partial charge in [-0.3, -0.25) is 19.2 Å². The van der Waals surface area contributed by atoms with Crippen molar-refractivity contribution in [1.29, 1.82) is 0 Å². The predicted molar refractivity (Wildman–Crippen MR) is 107 cm³/mol. The van der Waals surface area contributed by atoms with Crippen molar-refractivity contribution in [1.82, 2.24) is 16.0 Å². The maximum atomic E-state index is 12.6. The van der Waals surface area contributed by atoms with E-state index < -0.39 is 60.2 Å². The van der Waals surface area contributed by atoms with Crippen molar-refractivity contribution >= 4 is 29.7 Å². The van der Waals surface area contributed by atoms with Gasteiger partial charge in [-0.1, -0.05) is 13.8 Å². The Kier molecular flexibility index (Phi) is 12.3. The average molecular weight is 431 g/mol. The molecule has 30 heavy (non-hydrogen) atoms. The summed E-state index contributed by atoms with van der Waals surface area (Å²) in [6.45, 7) is 5.02. The van der Waals surface area contributed by atoms with E-state index in [1.807, 2.05) is 0 Å². The summed E-state index contributed by atoms with van der Waals surface area (Å²) < 4.78 is 0. The molecule has 4 atom stereocenters. The Hall–Kier alpha value is -2.73. The standard InChI is InChI=1S/C18H33N5O7/c1-9(2)14(18(29)30)23-17(28)12(6-4-5-7-19)22-15(26)10(3)21-16(27)11(20)8-13(24)25/h9-12,14H,4-8,19-20H2,1-3H3,(H,21,27)(H,22,26)(H,23,28)(H,24,25)(H,29,30). The number of nitrogens with two attached hydrogens (primary N) is 2. The number of carboxylic acid groups (broad SMARTS) is 2. The van der Waals surface area contributed by atoms with Gasteiger partial charge < -0.3 is 37.6 Å². The van der Waals surface area contributed by atoms with E-state index in [1.54, 1.807) is 13.8 Å². The van der Waals surface area contributed by atoms with Crippen LogP contribution in [-0.4, -0.2) is 70.6 Å². The minimum absolute atomic E-state index is 0.221. The van der Waals surface area contributed by atoms with Gasteiger partial charge in [-0.05, 0) is 38.6 Å². The van der Waals surface area contributed by atoms with Crippen LogP contribution in [0, 0.1) is 5.92 Å². The van der Waals surface area contributed by atoms with E-state index in [4.69, 9.17) is 16.6 Å². The number of rotatable bonds is 14. The van der Waals surface area contributed by atoms with Crippen LogP contribution < -0.4 is 27.4 Å². The molecule has 0 aliphatic heterocycles. The number of carbonyl (C=O) groups excluding carboxylic acids is 3. The molecule has 0 fully saturated rings. The van der Waals surface area contributed by atoms with Crippen molar-refractivity contribution in [2.45, 2.75) is 70.6 Å². The molecule has 0 saturated carbocycles. The highest BCUT2D eigenvalue weighted by Gasteiger charge is 2.30. The Morgan fingerprint density at radius 1 is 0.867 bits per heavy atom. The normalized spacial score (nSPS) is 14.9. The highest BCUT2D eigenvalue weighted by molar-refractivity contribution is 5.94. The summed E-state index contributed by atoms with van der Waals surface area (Å²) in [6.07, 6.45) is 0.732. The number of amides is 3. The Balaban J connectivity index is 5.10. The number of unbranched alkanes of at least 4 members (excludes halogenated alkanes) is 1. The fourth-order valence-corrected chi connectivity index (χ4v) is 2.49. The van der Waals surface area contributed by atoms with Gasteiger partial charge in [0.05, 0.1) is 12.5 Å². The van der Waals surface area contributed by atoms with E-state index in [0.717, 1.165) is 0 Å². The average Bonchev–Trinajstić information content (AvgIpc) is 2.63.